The second kappa shape index (κ2) is 6.76. The van der Waals surface area contributed by atoms with Crippen LogP contribution in [0.4, 0.5) is 0 Å². The van der Waals surface area contributed by atoms with Crippen molar-refractivity contribution in [2.75, 3.05) is 7.05 Å². The molecule has 3 heterocycles. The van der Waals surface area contributed by atoms with Gasteiger partial charge in [-0.15, -0.1) is 0 Å². The van der Waals surface area contributed by atoms with Crippen LogP contribution in [-0.4, -0.2) is 37.6 Å². The van der Waals surface area contributed by atoms with Gasteiger partial charge in [-0.3, -0.25) is 14.3 Å². The summed E-state index contributed by atoms with van der Waals surface area (Å²) in [6.07, 6.45) is 6.47. The molecule has 3 rings (SSSR count). The van der Waals surface area contributed by atoms with E-state index in [1.807, 2.05) is 19.2 Å². The highest BCUT2D eigenvalue weighted by atomic mass is 16.2. The lowest BCUT2D eigenvalue weighted by Crippen LogP contribution is -2.28. The van der Waals surface area contributed by atoms with Crippen LogP contribution in [0.2, 0.25) is 0 Å². The molecule has 0 aromatic carbocycles. The van der Waals surface area contributed by atoms with Crippen LogP contribution in [0, 0.1) is 5.92 Å². The minimum atomic E-state index is -0.152. The van der Waals surface area contributed by atoms with E-state index in [1.54, 1.807) is 21.9 Å². The molecule has 7 heteroatoms. The van der Waals surface area contributed by atoms with Gasteiger partial charge in [-0.05, 0) is 30.4 Å². The molecule has 1 amide bonds. The van der Waals surface area contributed by atoms with Gasteiger partial charge in [0.05, 0.1) is 0 Å². The molecule has 0 fully saturated rings. The van der Waals surface area contributed by atoms with E-state index in [2.05, 4.69) is 15.2 Å². The molecule has 0 bridgehead atoms. The van der Waals surface area contributed by atoms with E-state index >= 15 is 0 Å². The average molecular weight is 315 g/mol. The molecule has 23 heavy (non-hydrogen) atoms. The highest BCUT2D eigenvalue weighted by Gasteiger charge is 2.22. The van der Waals surface area contributed by atoms with E-state index in [1.165, 1.54) is 0 Å². The lowest BCUT2D eigenvalue weighted by molar-refractivity contribution is -0.131. The highest BCUT2D eigenvalue weighted by Crippen LogP contribution is 2.21. The van der Waals surface area contributed by atoms with Crippen molar-refractivity contribution in [3.8, 4) is 0 Å². The van der Waals surface area contributed by atoms with Gasteiger partial charge >= 0.3 is 5.69 Å². The smallest absolute Gasteiger partial charge is 0.341 e. The third kappa shape index (κ3) is 3.67. The van der Waals surface area contributed by atoms with Gasteiger partial charge in [0, 0.05) is 45.4 Å². The first-order valence-corrected chi connectivity index (χ1v) is 7.90. The molecule has 7 nitrogen and oxygen atoms in total. The molecule has 1 atom stereocenters. The topological polar surface area (TPSA) is 83.9 Å². The monoisotopic (exact) mass is 315 g/mol. The normalized spacial score (nSPS) is 17.3. The lowest BCUT2D eigenvalue weighted by atomic mass is 9.96. The summed E-state index contributed by atoms with van der Waals surface area (Å²) in [6.45, 7) is 1.20. The Morgan fingerprint density at radius 1 is 1.48 bits per heavy atom. The minimum absolute atomic E-state index is 0.132. The summed E-state index contributed by atoms with van der Waals surface area (Å²) in [5, 5.41) is 6.53. The molecule has 0 aliphatic carbocycles. The van der Waals surface area contributed by atoms with Gasteiger partial charge < -0.3 is 4.90 Å². The van der Waals surface area contributed by atoms with Gasteiger partial charge in [0.1, 0.15) is 5.82 Å². The van der Waals surface area contributed by atoms with E-state index in [0.29, 0.717) is 25.4 Å². The van der Waals surface area contributed by atoms with Crippen LogP contribution in [0.3, 0.4) is 0 Å². The molecular formula is C16H21N5O2. The number of hydrogen-bond acceptors (Lipinski definition) is 4. The number of nitrogens with zero attached hydrogens (tertiary/aromatic N) is 4. The molecule has 1 aliphatic heterocycles. The molecule has 2 aromatic rings. The van der Waals surface area contributed by atoms with Crippen LogP contribution in [-0.2, 0) is 24.3 Å². The number of rotatable bonds is 4. The zero-order valence-electron chi connectivity index (χ0n) is 13.2. The van der Waals surface area contributed by atoms with Crippen molar-refractivity contribution in [1.29, 1.82) is 0 Å². The molecule has 0 spiro atoms. The minimum Gasteiger partial charge on any atom is -0.341 e. The summed E-state index contributed by atoms with van der Waals surface area (Å²) in [4.78, 5) is 29.9. The maximum Gasteiger partial charge on any atom is 0.343 e. The Kier molecular flexibility index (Phi) is 4.55. The van der Waals surface area contributed by atoms with Crippen LogP contribution >= 0.6 is 0 Å². The number of pyridine rings is 1. The predicted molar refractivity (Wildman–Crippen MR) is 84.6 cm³/mol. The van der Waals surface area contributed by atoms with Crippen LogP contribution in [0.5, 0.6) is 0 Å². The molecule has 1 unspecified atom stereocenters. The standard InChI is InChI=1S/C16H21N5O2/c1-20(11-13-3-2-7-17-10-13)15(22)9-12-4-5-14-18-19-16(23)21(14)8-6-12/h2-3,7,10,12H,4-6,8-9,11H2,1H3,(H,19,23). The van der Waals surface area contributed by atoms with Gasteiger partial charge in [0.15, 0.2) is 0 Å². The number of aromatic amines is 1. The first-order valence-electron chi connectivity index (χ1n) is 7.90. The highest BCUT2D eigenvalue weighted by molar-refractivity contribution is 5.76. The van der Waals surface area contributed by atoms with E-state index in [-0.39, 0.29) is 11.6 Å². The second-order valence-electron chi connectivity index (χ2n) is 6.11. The lowest BCUT2D eigenvalue weighted by Gasteiger charge is -2.20. The number of fused-ring (bicyclic) bond motifs is 1. The Morgan fingerprint density at radius 2 is 2.35 bits per heavy atom. The van der Waals surface area contributed by atoms with Crippen LogP contribution < -0.4 is 5.69 Å². The van der Waals surface area contributed by atoms with E-state index in [4.69, 9.17) is 0 Å². The van der Waals surface area contributed by atoms with Crippen LogP contribution in [0.15, 0.2) is 29.3 Å². The fourth-order valence-electron chi connectivity index (χ4n) is 3.02. The summed E-state index contributed by atoms with van der Waals surface area (Å²) in [5.41, 5.74) is 0.872. The number of aromatic nitrogens is 4. The quantitative estimate of drug-likeness (QED) is 0.911. The largest absolute Gasteiger partial charge is 0.343 e. The maximum absolute atomic E-state index is 12.4. The number of hydrogen-bond donors (Lipinski definition) is 1. The SMILES string of the molecule is CN(Cc1cccnc1)C(=O)CC1CCc2n[nH]c(=O)n2CC1. The number of carbonyl (C=O) groups excluding carboxylic acids is 1. The number of H-pyrrole nitrogens is 1. The fourth-order valence-corrected chi connectivity index (χ4v) is 3.02. The van der Waals surface area contributed by atoms with Crippen LogP contribution in [0.25, 0.3) is 0 Å². The third-order valence-corrected chi connectivity index (χ3v) is 4.41. The van der Waals surface area contributed by atoms with Crippen molar-refractivity contribution < 1.29 is 4.79 Å². The van der Waals surface area contributed by atoms with Crippen molar-refractivity contribution in [2.24, 2.45) is 5.92 Å². The number of carbonyl (C=O) groups is 1. The van der Waals surface area contributed by atoms with Gasteiger partial charge in [0.2, 0.25) is 5.91 Å². The molecule has 122 valence electrons. The summed E-state index contributed by atoms with van der Waals surface area (Å²) in [5.74, 6) is 1.22. The summed E-state index contributed by atoms with van der Waals surface area (Å²) in [7, 11) is 1.82. The molecular weight excluding hydrogens is 294 g/mol. The van der Waals surface area contributed by atoms with Crippen molar-refractivity contribution in [3.63, 3.8) is 0 Å². The Hall–Kier alpha value is -2.44. The summed E-state index contributed by atoms with van der Waals surface area (Å²) in [6, 6.07) is 3.84. The molecule has 0 saturated carbocycles. The van der Waals surface area contributed by atoms with Gasteiger partial charge in [-0.2, -0.15) is 5.10 Å². The van der Waals surface area contributed by atoms with E-state index in [0.717, 1.165) is 30.7 Å². The third-order valence-electron chi connectivity index (χ3n) is 4.41. The van der Waals surface area contributed by atoms with Gasteiger partial charge in [-0.1, -0.05) is 6.07 Å². The predicted octanol–water partition coefficient (Wildman–Crippen LogP) is 0.968. The Bertz CT molecular complexity index is 722. The fraction of sp³-hybridized carbons (Fsp3) is 0.500. The molecule has 0 radical (unpaired) electrons. The van der Waals surface area contributed by atoms with Crippen molar-refractivity contribution >= 4 is 5.91 Å². The Labute approximate surface area is 134 Å². The molecule has 2 aromatic heterocycles. The first-order chi connectivity index (χ1) is 11.1. The first kappa shape index (κ1) is 15.5. The molecule has 1 N–H and O–H groups in total. The van der Waals surface area contributed by atoms with Gasteiger partial charge in [0.25, 0.3) is 0 Å². The average Bonchev–Trinajstić information content (AvgIpc) is 2.78. The number of amides is 1. The van der Waals surface area contributed by atoms with E-state index < -0.39 is 0 Å². The Balaban J connectivity index is 1.55. The zero-order valence-corrected chi connectivity index (χ0v) is 13.2. The second-order valence-corrected chi connectivity index (χ2v) is 6.11. The maximum atomic E-state index is 12.4. The summed E-state index contributed by atoms with van der Waals surface area (Å²) >= 11 is 0. The van der Waals surface area contributed by atoms with Gasteiger partial charge in [-0.25, -0.2) is 9.89 Å². The number of nitrogens with one attached hydrogen (secondary N) is 1. The summed E-state index contributed by atoms with van der Waals surface area (Å²) < 4.78 is 1.68. The van der Waals surface area contributed by atoms with Crippen molar-refractivity contribution in [2.45, 2.75) is 38.8 Å². The zero-order chi connectivity index (χ0) is 16.2. The molecule has 1 aliphatic rings. The van der Waals surface area contributed by atoms with Crippen molar-refractivity contribution in [1.82, 2.24) is 24.6 Å². The Morgan fingerprint density at radius 3 is 3.13 bits per heavy atom. The van der Waals surface area contributed by atoms with E-state index in [9.17, 15) is 9.59 Å². The van der Waals surface area contributed by atoms with Crippen molar-refractivity contribution in [3.05, 3.63) is 46.4 Å². The molecule has 0 saturated heterocycles. The van der Waals surface area contributed by atoms with Crippen LogP contribution in [0.1, 0.15) is 30.7 Å². The number of aryl methyl sites for hydroxylation is 1.